The highest BCUT2D eigenvalue weighted by Crippen LogP contribution is 2.24. The Morgan fingerprint density at radius 2 is 2.00 bits per heavy atom. The minimum Gasteiger partial charge on any atom is -0.377 e. The average Bonchev–Trinajstić information content (AvgIpc) is 2.23. The zero-order chi connectivity index (χ0) is 11.5. The second-order valence-electron chi connectivity index (χ2n) is 5.25. The Kier molecular flexibility index (Phi) is 3.69. The highest BCUT2D eigenvalue weighted by Gasteiger charge is 2.27. The Morgan fingerprint density at radius 3 is 2.44 bits per heavy atom. The molecule has 2 amide bonds. The summed E-state index contributed by atoms with van der Waals surface area (Å²) in [5.74, 6) is 1.53. The van der Waals surface area contributed by atoms with Gasteiger partial charge in [0.25, 0.3) is 0 Å². The maximum absolute atomic E-state index is 11.8. The number of nitrogens with zero attached hydrogens (tertiary/aromatic N) is 1. The first kappa shape index (κ1) is 11.7. The van der Waals surface area contributed by atoms with Gasteiger partial charge in [0.1, 0.15) is 0 Å². The van der Waals surface area contributed by atoms with E-state index in [1.807, 2.05) is 4.90 Å². The molecule has 0 spiro atoms. The van der Waals surface area contributed by atoms with E-state index in [2.05, 4.69) is 19.2 Å². The lowest BCUT2D eigenvalue weighted by atomic mass is 9.87. The van der Waals surface area contributed by atoms with Gasteiger partial charge >= 0.3 is 6.03 Å². The van der Waals surface area contributed by atoms with Crippen LogP contribution in [-0.2, 0) is 4.74 Å². The Hall–Kier alpha value is -0.770. The highest BCUT2D eigenvalue weighted by atomic mass is 16.5. The molecule has 0 aromatic rings. The number of piperidine rings is 1. The maximum atomic E-state index is 11.8. The Bertz CT molecular complexity index is 249. The van der Waals surface area contributed by atoms with Gasteiger partial charge in [0.2, 0.25) is 0 Å². The van der Waals surface area contributed by atoms with Crippen molar-refractivity contribution >= 4 is 6.03 Å². The topological polar surface area (TPSA) is 41.6 Å². The van der Waals surface area contributed by atoms with Crippen LogP contribution in [0.3, 0.4) is 0 Å². The third-order valence-electron chi connectivity index (χ3n) is 3.74. The summed E-state index contributed by atoms with van der Waals surface area (Å²) in [4.78, 5) is 13.8. The number of hydrogen-bond donors (Lipinski definition) is 1. The number of hydrogen-bond acceptors (Lipinski definition) is 2. The number of nitrogens with one attached hydrogen (secondary N) is 1. The molecule has 0 saturated carbocycles. The lowest BCUT2D eigenvalue weighted by Gasteiger charge is -2.36. The van der Waals surface area contributed by atoms with Crippen molar-refractivity contribution in [2.75, 3.05) is 26.3 Å². The molecule has 94 valence electrons. The monoisotopic (exact) mass is 228 g/mol. The predicted octanol–water partition coefficient (Wildman–Crippen LogP) is 1.71. The van der Waals surface area contributed by atoms with Crippen molar-refractivity contribution < 1.29 is 11.0 Å². The molecule has 2 aliphatic heterocycles. The van der Waals surface area contributed by atoms with Crippen LogP contribution < -0.4 is 5.32 Å². The fourth-order valence-electron chi connectivity index (χ4n) is 2.35. The van der Waals surface area contributed by atoms with Gasteiger partial charge in [-0.2, -0.15) is 0 Å². The summed E-state index contributed by atoms with van der Waals surface area (Å²) in [5.41, 5.74) is 0. The summed E-state index contributed by atoms with van der Waals surface area (Å²) < 4.78 is 5.04. The van der Waals surface area contributed by atoms with Gasteiger partial charge in [-0.25, -0.2) is 4.79 Å². The van der Waals surface area contributed by atoms with E-state index < -0.39 is 0 Å². The lowest BCUT2D eigenvalue weighted by molar-refractivity contribution is -0.00269. The molecule has 2 heterocycles. The third-order valence-corrected chi connectivity index (χ3v) is 3.74. The molecule has 0 aromatic heterocycles. The maximum Gasteiger partial charge on any atom is 0.317 e. The number of urea groups is 1. The van der Waals surface area contributed by atoms with Crippen molar-refractivity contribution in [2.45, 2.75) is 32.7 Å². The fraction of sp³-hybridized carbons (Fsp3) is 0.917. The molecule has 2 rings (SSSR count). The summed E-state index contributed by atoms with van der Waals surface area (Å²) in [5, 5.41) is 2.99. The number of carbonyl (C=O) groups is 1. The molecular weight excluding hydrogens is 204 g/mol. The molecular formula is C12H24N2O2. The summed E-state index contributed by atoms with van der Waals surface area (Å²) in [6, 6.07) is 0.339. The van der Waals surface area contributed by atoms with Crippen molar-refractivity contribution in [2.24, 2.45) is 11.8 Å². The quantitative estimate of drug-likeness (QED) is 0.781. The van der Waals surface area contributed by atoms with Crippen LogP contribution in [-0.4, -0.2) is 43.3 Å². The van der Waals surface area contributed by atoms with Crippen LogP contribution in [0.5, 0.6) is 0 Å². The fourth-order valence-corrected chi connectivity index (χ4v) is 2.35. The van der Waals surface area contributed by atoms with Gasteiger partial charge in [0, 0.05) is 14.5 Å². The second-order valence-corrected chi connectivity index (χ2v) is 5.25. The molecule has 1 N–H and O–H groups in total. The number of likely N-dealkylation sites (tertiary alicyclic amines) is 1. The van der Waals surface area contributed by atoms with E-state index in [1.54, 1.807) is 0 Å². The lowest BCUT2D eigenvalue weighted by Crippen LogP contribution is -2.54. The van der Waals surface area contributed by atoms with E-state index in [9.17, 15) is 4.79 Å². The largest absolute Gasteiger partial charge is 0.377 e. The van der Waals surface area contributed by atoms with Crippen LogP contribution >= 0.6 is 0 Å². The average molecular weight is 228 g/mol. The van der Waals surface area contributed by atoms with Crippen LogP contribution in [0.15, 0.2) is 0 Å². The Balaban J connectivity index is 0.00000144. The first-order chi connectivity index (χ1) is 7.66. The molecule has 2 fully saturated rings. The standard InChI is InChI=1S/C12H22N2O2.H2/c1-9(2)10-3-5-14(6-4-10)12(15)13-11-7-16-8-11;/h9-11H,3-8H2,1-2H3,(H,13,15);1H. The number of ether oxygens (including phenoxy) is 1. The Labute approximate surface area is 98.8 Å². The molecule has 4 heteroatoms. The second kappa shape index (κ2) is 5.04. The molecule has 16 heavy (non-hydrogen) atoms. The predicted molar refractivity (Wildman–Crippen MR) is 64.4 cm³/mol. The zero-order valence-electron chi connectivity index (χ0n) is 10.2. The first-order valence-corrected chi connectivity index (χ1v) is 6.30. The minimum atomic E-state index is 0. The van der Waals surface area contributed by atoms with Gasteiger partial charge in [-0.3, -0.25) is 0 Å². The molecule has 0 radical (unpaired) electrons. The molecule has 2 aliphatic rings. The van der Waals surface area contributed by atoms with Crippen LogP contribution in [0.2, 0.25) is 0 Å². The van der Waals surface area contributed by atoms with Gasteiger partial charge in [-0.15, -0.1) is 0 Å². The van der Waals surface area contributed by atoms with Crippen LogP contribution in [0, 0.1) is 11.8 Å². The normalized spacial score (nSPS) is 23.3. The van der Waals surface area contributed by atoms with E-state index in [0.717, 1.165) is 37.8 Å². The minimum absolute atomic E-state index is 0. The van der Waals surface area contributed by atoms with E-state index in [-0.39, 0.29) is 13.5 Å². The molecule has 0 atom stereocenters. The van der Waals surface area contributed by atoms with Gasteiger partial charge in [0.15, 0.2) is 0 Å². The van der Waals surface area contributed by atoms with Crippen molar-refractivity contribution in [3.8, 4) is 0 Å². The summed E-state index contributed by atoms with van der Waals surface area (Å²) in [7, 11) is 0. The van der Waals surface area contributed by atoms with Crippen LogP contribution in [0.1, 0.15) is 28.1 Å². The van der Waals surface area contributed by atoms with Crippen molar-refractivity contribution in [3.63, 3.8) is 0 Å². The van der Waals surface area contributed by atoms with Crippen molar-refractivity contribution in [3.05, 3.63) is 0 Å². The highest BCUT2D eigenvalue weighted by molar-refractivity contribution is 5.74. The summed E-state index contributed by atoms with van der Waals surface area (Å²) in [6.45, 7) is 7.70. The van der Waals surface area contributed by atoms with Crippen molar-refractivity contribution in [1.29, 1.82) is 0 Å². The molecule has 0 aromatic carbocycles. The smallest absolute Gasteiger partial charge is 0.317 e. The first-order valence-electron chi connectivity index (χ1n) is 6.30. The van der Waals surface area contributed by atoms with E-state index in [4.69, 9.17) is 4.74 Å². The number of amides is 2. The van der Waals surface area contributed by atoms with E-state index >= 15 is 0 Å². The Morgan fingerprint density at radius 1 is 1.38 bits per heavy atom. The van der Waals surface area contributed by atoms with E-state index in [0.29, 0.717) is 13.2 Å². The van der Waals surface area contributed by atoms with Crippen LogP contribution in [0.25, 0.3) is 0 Å². The summed E-state index contributed by atoms with van der Waals surface area (Å²) >= 11 is 0. The number of rotatable bonds is 2. The SMILES string of the molecule is CC(C)C1CCN(C(=O)NC2COC2)CC1.[HH]. The zero-order valence-corrected chi connectivity index (χ0v) is 10.2. The van der Waals surface area contributed by atoms with Crippen LogP contribution in [0.4, 0.5) is 4.79 Å². The molecule has 2 saturated heterocycles. The number of carbonyl (C=O) groups excluding carboxylic acids is 1. The summed E-state index contributed by atoms with van der Waals surface area (Å²) in [6.07, 6.45) is 2.29. The molecule has 4 nitrogen and oxygen atoms in total. The van der Waals surface area contributed by atoms with Crippen molar-refractivity contribution in [1.82, 2.24) is 10.2 Å². The van der Waals surface area contributed by atoms with E-state index in [1.165, 1.54) is 0 Å². The molecule has 0 aliphatic carbocycles. The molecule has 0 unspecified atom stereocenters. The van der Waals surface area contributed by atoms with Gasteiger partial charge < -0.3 is 15.0 Å². The third kappa shape index (κ3) is 2.67. The van der Waals surface area contributed by atoms with Gasteiger partial charge in [0.05, 0.1) is 19.3 Å². The van der Waals surface area contributed by atoms with Gasteiger partial charge in [-0.05, 0) is 24.7 Å². The molecule has 0 bridgehead atoms. The van der Waals surface area contributed by atoms with Gasteiger partial charge in [-0.1, -0.05) is 13.8 Å².